The third-order valence-corrected chi connectivity index (χ3v) is 3.79. The number of aromatic nitrogens is 2. The Hall–Kier alpha value is -1.82. The minimum absolute atomic E-state index is 0.577. The van der Waals surface area contributed by atoms with E-state index in [0.717, 1.165) is 42.7 Å². The summed E-state index contributed by atoms with van der Waals surface area (Å²) in [5, 5.41) is 0. The van der Waals surface area contributed by atoms with Crippen LogP contribution in [0.5, 0.6) is 0 Å². The van der Waals surface area contributed by atoms with Crippen LogP contribution in [-0.4, -0.2) is 24.2 Å². The summed E-state index contributed by atoms with van der Waals surface area (Å²) < 4.78 is 27.2. The molecule has 0 atom stereocenters. The highest BCUT2D eigenvalue weighted by Crippen LogP contribution is 2.27. The first-order valence-corrected chi connectivity index (χ1v) is 8.05. The average molecular weight is 277 g/mol. The highest BCUT2D eigenvalue weighted by molar-refractivity contribution is 7.92. The highest BCUT2D eigenvalue weighted by Gasteiger charge is 2.16. The molecule has 2 aromatic rings. The third kappa shape index (κ3) is 2.49. The SMILES string of the molecule is CS(=O)(=O)Nc1cccc(-c2cnc3n2CCC3)c1. The molecule has 0 radical (unpaired) electrons. The van der Waals surface area contributed by atoms with Gasteiger partial charge in [-0.2, -0.15) is 0 Å². The zero-order chi connectivity index (χ0) is 13.5. The van der Waals surface area contributed by atoms with Crippen molar-refractivity contribution >= 4 is 15.7 Å². The first-order chi connectivity index (χ1) is 9.03. The number of nitrogens with one attached hydrogen (secondary N) is 1. The molecule has 1 N–H and O–H groups in total. The minimum Gasteiger partial charge on any atom is -0.328 e. The molecule has 0 aliphatic carbocycles. The Labute approximate surface area is 112 Å². The van der Waals surface area contributed by atoms with Crippen molar-refractivity contribution in [1.82, 2.24) is 9.55 Å². The van der Waals surface area contributed by atoms with E-state index in [-0.39, 0.29) is 0 Å². The number of sulfonamides is 1. The van der Waals surface area contributed by atoms with Crippen molar-refractivity contribution in [3.63, 3.8) is 0 Å². The van der Waals surface area contributed by atoms with Gasteiger partial charge in [-0.1, -0.05) is 12.1 Å². The Morgan fingerprint density at radius 1 is 1.37 bits per heavy atom. The molecule has 1 aliphatic heterocycles. The molecule has 0 spiro atoms. The van der Waals surface area contributed by atoms with Crippen molar-refractivity contribution in [2.75, 3.05) is 11.0 Å². The summed E-state index contributed by atoms with van der Waals surface area (Å²) in [6.45, 7) is 0.981. The molecular formula is C13H15N3O2S. The molecule has 0 bridgehead atoms. The van der Waals surface area contributed by atoms with Gasteiger partial charge in [0.25, 0.3) is 0 Å². The number of nitrogens with zero attached hydrogens (tertiary/aromatic N) is 2. The minimum atomic E-state index is -3.25. The molecule has 3 rings (SSSR count). The van der Waals surface area contributed by atoms with Gasteiger partial charge in [0.2, 0.25) is 10.0 Å². The van der Waals surface area contributed by atoms with E-state index in [0.29, 0.717) is 5.69 Å². The first-order valence-electron chi connectivity index (χ1n) is 6.15. The lowest BCUT2D eigenvalue weighted by Gasteiger charge is -2.08. The Bertz CT molecular complexity index is 719. The topological polar surface area (TPSA) is 64.0 Å². The molecular weight excluding hydrogens is 262 g/mol. The van der Waals surface area contributed by atoms with E-state index in [1.54, 1.807) is 6.07 Å². The maximum Gasteiger partial charge on any atom is 0.229 e. The predicted molar refractivity (Wildman–Crippen MR) is 74.5 cm³/mol. The van der Waals surface area contributed by atoms with Gasteiger partial charge < -0.3 is 4.57 Å². The molecule has 1 aromatic heterocycles. The Kier molecular flexibility index (Phi) is 2.82. The van der Waals surface area contributed by atoms with Crippen molar-refractivity contribution in [2.24, 2.45) is 0 Å². The van der Waals surface area contributed by atoms with Crippen molar-refractivity contribution < 1.29 is 8.42 Å². The van der Waals surface area contributed by atoms with Crippen LogP contribution in [0.2, 0.25) is 0 Å². The highest BCUT2D eigenvalue weighted by atomic mass is 32.2. The van der Waals surface area contributed by atoms with Gasteiger partial charge in [0.1, 0.15) is 5.82 Å². The van der Waals surface area contributed by atoms with Crippen LogP contribution in [0, 0.1) is 0 Å². The molecule has 19 heavy (non-hydrogen) atoms. The lowest BCUT2D eigenvalue weighted by atomic mass is 10.1. The quantitative estimate of drug-likeness (QED) is 0.931. The van der Waals surface area contributed by atoms with Gasteiger partial charge in [-0.05, 0) is 18.6 Å². The normalized spacial score (nSPS) is 14.4. The fourth-order valence-electron chi connectivity index (χ4n) is 2.44. The standard InChI is InChI=1S/C13H15N3O2S/c1-19(17,18)15-11-5-2-4-10(8-11)12-9-14-13-6-3-7-16(12)13/h2,4-5,8-9,15H,3,6-7H2,1H3. The van der Waals surface area contributed by atoms with Crippen LogP contribution < -0.4 is 4.72 Å². The van der Waals surface area contributed by atoms with Crippen LogP contribution in [0.3, 0.4) is 0 Å². The van der Waals surface area contributed by atoms with Crippen LogP contribution in [0.15, 0.2) is 30.5 Å². The summed E-state index contributed by atoms with van der Waals surface area (Å²) in [5.74, 6) is 1.11. The van der Waals surface area contributed by atoms with Gasteiger partial charge in [0.05, 0.1) is 18.1 Å². The number of aryl methyl sites for hydroxylation is 1. The fourth-order valence-corrected chi connectivity index (χ4v) is 3.00. The van der Waals surface area contributed by atoms with E-state index < -0.39 is 10.0 Å². The summed E-state index contributed by atoms with van der Waals surface area (Å²) in [6, 6.07) is 7.39. The monoisotopic (exact) mass is 277 g/mol. The van der Waals surface area contributed by atoms with Crippen LogP contribution in [0.25, 0.3) is 11.3 Å². The average Bonchev–Trinajstić information content (AvgIpc) is 2.87. The molecule has 0 fully saturated rings. The second-order valence-corrected chi connectivity index (χ2v) is 6.52. The zero-order valence-corrected chi connectivity index (χ0v) is 11.4. The number of hydrogen-bond acceptors (Lipinski definition) is 3. The predicted octanol–water partition coefficient (Wildman–Crippen LogP) is 1.87. The molecule has 5 nitrogen and oxygen atoms in total. The van der Waals surface area contributed by atoms with E-state index in [4.69, 9.17) is 0 Å². The second-order valence-electron chi connectivity index (χ2n) is 4.77. The Balaban J connectivity index is 1.99. The molecule has 0 saturated carbocycles. The molecule has 6 heteroatoms. The van der Waals surface area contributed by atoms with E-state index in [2.05, 4.69) is 14.3 Å². The Morgan fingerprint density at radius 2 is 2.21 bits per heavy atom. The summed E-state index contributed by atoms with van der Waals surface area (Å²) in [5.41, 5.74) is 2.60. The number of fused-ring (bicyclic) bond motifs is 1. The summed E-state index contributed by atoms with van der Waals surface area (Å²) in [7, 11) is -3.25. The van der Waals surface area contributed by atoms with E-state index in [9.17, 15) is 8.42 Å². The number of benzene rings is 1. The first kappa shape index (κ1) is 12.2. The molecule has 2 heterocycles. The lowest BCUT2D eigenvalue weighted by Crippen LogP contribution is -2.09. The molecule has 0 amide bonds. The lowest BCUT2D eigenvalue weighted by molar-refractivity contribution is 0.607. The smallest absolute Gasteiger partial charge is 0.229 e. The zero-order valence-electron chi connectivity index (χ0n) is 10.6. The number of imidazole rings is 1. The van der Waals surface area contributed by atoms with Crippen LogP contribution in [0.4, 0.5) is 5.69 Å². The van der Waals surface area contributed by atoms with Gasteiger partial charge >= 0.3 is 0 Å². The van der Waals surface area contributed by atoms with Gasteiger partial charge in [0.15, 0.2) is 0 Å². The van der Waals surface area contributed by atoms with Crippen molar-refractivity contribution in [2.45, 2.75) is 19.4 Å². The van der Waals surface area contributed by atoms with Crippen molar-refractivity contribution in [3.8, 4) is 11.3 Å². The van der Waals surface area contributed by atoms with E-state index in [1.807, 2.05) is 24.4 Å². The van der Waals surface area contributed by atoms with E-state index >= 15 is 0 Å². The molecule has 0 saturated heterocycles. The molecule has 1 aliphatic rings. The number of hydrogen-bond donors (Lipinski definition) is 1. The third-order valence-electron chi connectivity index (χ3n) is 3.18. The van der Waals surface area contributed by atoms with Gasteiger partial charge in [-0.25, -0.2) is 13.4 Å². The van der Waals surface area contributed by atoms with Crippen LogP contribution >= 0.6 is 0 Å². The van der Waals surface area contributed by atoms with Gasteiger partial charge in [-0.3, -0.25) is 4.72 Å². The van der Waals surface area contributed by atoms with Crippen molar-refractivity contribution in [1.29, 1.82) is 0 Å². The fraction of sp³-hybridized carbons (Fsp3) is 0.308. The van der Waals surface area contributed by atoms with Crippen LogP contribution in [-0.2, 0) is 23.0 Å². The van der Waals surface area contributed by atoms with Crippen molar-refractivity contribution in [3.05, 3.63) is 36.3 Å². The Morgan fingerprint density at radius 3 is 3.00 bits per heavy atom. The summed E-state index contributed by atoms with van der Waals surface area (Å²) in [4.78, 5) is 4.40. The van der Waals surface area contributed by atoms with Gasteiger partial charge in [-0.15, -0.1) is 0 Å². The molecule has 100 valence electrons. The summed E-state index contributed by atoms with van der Waals surface area (Å²) in [6.07, 6.45) is 5.14. The number of rotatable bonds is 3. The largest absolute Gasteiger partial charge is 0.328 e. The van der Waals surface area contributed by atoms with E-state index in [1.165, 1.54) is 0 Å². The maximum atomic E-state index is 11.3. The molecule has 0 unspecified atom stereocenters. The summed E-state index contributed by atoms with van der Waals surface area (Å²) >= 11 is 0. The van der Waals surface area contributed by atoms with Crippen LogP contribution in [0.1, 0.15) is 12.2 Å². The molecule has 1 aromatic carbocycles. The maximum absolute atomic E-state index is 11.3. The number of anilines is 1. The van der Waals surface area contributed by atoms with Gasteiger partial charge in [0, 0.05) is 24.2 Å². The second kappa shape index (κ2) is 4.38.